The van der Waals surface area contributed by atoms with Crippen LogP contribution >= 0.6 is 11.3 Å². The van der Waals surface area contributed by atoms with E-state index in [1.165, 1.54) is 17.1 Å². The first-order valence-electron chi connectivity index (χ1n) is 5.69. The minimum absolute atomic E-state index is 0.375. The molecule has 0 amide bonds. The Morgan fingerprint density at radius 1 is 1.67 bits per heavy atom. The number of hydrogen-bond acceptors (Lipinski definition) is 4. The third-order valence-corrected chi connectivity index (χ3v) is 3.66. The van der Waals surface area contributed by atoms with Crippen molar-refractivity contribution >= 4 is 11.3 Å². The van der Waals surface area contributed by atoms with Crippen LogP contribution < -0.4 is 5.73 Å². The van der Waals surface area contributed by atoms with Crippen LogP contribution in [0.15, 0.2) is 5.38 Å². The molecule has 3 nitrogen and oxygen atoms in total. The molecule has 1 aliphatic rings. The van der Waals surface area contributed by atoms with Crippen molar-refractivity contribution in [1.29, 1.82) is 0 Å². The Balaban J connectivity index is 1.87. The van der Waals surface area contributed by atoms with Crippen molar-refractivity contribution in [2.75, 3.05) is 13.1 Å². The molecule has 15 heavy (non-hydrogen) atoms. The lowest BCUT2D eigenvalue weighted by Gasteiger charge is -2.12. The highest BCUT2D eigenvalue weighted by Gasteiger charge is 2.19. The Morgan fingerprint density at radius 3 is 3.20 bits per heavy atom. The molecule has 2 heterocycles. The van der Waals surface area contributed by atoms with Crippen molar-refractivity contribution in [2.45, 2.75) is 38.8 Å². The third-order valence-electron chi connectivity index (χ3n) is 2.77. The molecule has 0 bridgehead atoms. The van der Waals surface area contributed by atoms with Gasteiger partial charge in [-0.25, -0.2) is 4.98 Å². The first kappa shape index (κ1) is 11.0. The zero-order chi connectivity index (χ0) is 10.7. The van der Waals surface area contributed by atoms with Gasteiger partial charge in [0, 0.05) is 24.5 Å². The normalized spacial score (nSPS) is 22.4. The van der Waals surface area contributed by atoms with Gasteiger partial charge in [0.05, 0.1) is 12.2 Å². The van der Waals surface area contributed by atoms with Gasteiger partial charge in [-0.1, -0.05) is 13.3 Å². The van der Waals surface area contributed by atoms with E-state index in [0.29, 0.717) is 6.04 Å². The minimum Gasteiger partial charge on any atom is -0.326 e. The molecule has 1 unspecified atom stereocenters. The van der Waals surface area contributed by atoms with Crippen molar-refractivity contribution in [2.24, 2.45) is 5.73 Å². The quantitative estimate of drug-likeness (QED) is 0.847. The van der Waals surface area contributed by atoms with E-state index in [0.717, 1.165) is 32.5 Å². The van der Waals surface area contributed by atoms with Crippen LogP contribution in [0.1, 0.15) is 30.5 Å². The topological polar surface area (TPSA) is 42.1 Å². The summed E-state index contributed by atoms with van der Waals surface area (Å²) in [5, 5.41) is 3.43. The summed E-state index contributed by atoms with van der Waals surface area (Å²) in [5.74, 6) is 0. The number of likely N-dealkylation sites (tertiary alicyclic amines) is 1. The molecule has 0 saturated carbocycles. The summed E-state index contributed by atoms with van der Waals surface area (Å²) in [6.45, 7) is 5.34. The molecule has 84 valence electrons. The van der Waals surface area contributed by atoms with Crippen LogP contribution in [0, 0.1) is 0 Å². The predicted molar refractivity (Wildman–Crippen MR) is 64.0 cm³/mol. The van der Waals surface area contributed by atoms with Crippen molar-refractivity contribution in [1.82, 2.24) is 9.88 Å². The van der Waals surface area contributed by atoms with Gasteiger partial charge in [0.2, 0.25) is 0 Å². The smallest absolute Gasteiger partial charge is 0.107 e. The standard InChI is InChI=1S/C11H19N3S/c1-2-3-10-8-15-11(13-10)7-14-5-4-9(12)6-14/h8-9H,2-7,12H2,1H3. The number of aromatic nitrogens is 1. The van der Waals surface area contributed by atoms with Crippen LogP contribution in [0.4, 0.5) is 0 Å². The maximum atomic E-state index is 5.87. The van der Waals surface area contributed by atoms with Crippen molar-refractivity contribution in [3.63, 3.8) is 0 Å². The van der Waals surface area contributed by atoms with Crippen molar-refractivity contribution in [3.8, 4) is 0 Å². The summed E-state index contributed by atoms with van der Waals surface area (Å²) >= 11 is 1.78. The average molecular weight is 225 g/mol. The Hall–Kier alpha value is -0.450. The van der Waals surface area contributed by atoms with Gasteiger partial charge in [-0.2, -0.15) is 0 Å². The average Bonchev–Trinajstić information content (AvgIpc) is 2.78. The second-order valence-corrected chi connectivity index (χ2v) is 5.21. The van der Waals surface area contributed by atoms with E-state index < -0.39 is 0 Å². The van der Waals surface area contributed by atoms with Crippen LogP contribution in [0.2, 0.25) is 0 Å². The Labute approximate surface area is 95.3 Å². The Morgan fingerprint density at radius 2 is 2.53 bits per heavy atom. The molecular formula is C11H19N3S. The molecule has 1 aromatic heterocycles. The molecule has 1 aliphatic heterocycles. The third kappa shape index (κ3) is 3.00. The van der Waals surface area contributed by atoms with Crippen LogP contribution in [0.5, 0.6) is 0 Å². The second-order valence-electron chi connectivity index (χ2n) is 4.27. The Bertz CT molecular complexity index is 311. The van der Waals surface area contributed by atoms with Gasteiger partial charge in [-0.3, -0.25) is 4.90 Å². The monoisotopic (exact) mass is 225 g/mol. The van der Waals surface area contributed by atoms with E-state index in [-0.39, 0.29) is 0 Å². The fourth-order valence-corrected chi connectivity index (χ4v) is 2.86. The largest absolute Gasteiger partial charge is 0.326 e. The summed E-state index contributed by atoms with van der Waals surface area (Å²) < 4.78 is 0. The summed E-state index contributed by atoms with van der Waals surface area (Å²) in [5.41, 5.74) is 7.12. The molecule has 4 heteroatoms. The molecule has 2 rings (SSSR count). The SMILES string of the molecule is CCCc1csc(CN2CCC(N)C2)n1. The van der Waals surface area contributed by atoms with E-state index in [1.54, 1.807) is 11.3 Å². The summed E-state index contributed by atoms with van der Waals surface area (Å²) in [6.07, 6.45) is 3.42. The van der Waals surface area contributed by atoms with Crippen molar-refractivity contribution < 1.29 is 0 Å². The van der Waals surface area contributed by atoms with Crippen molar-refractivity contribution in [3.05, 3.63) is 16.1 Å². The van der Waals surface area contributed by atoms with Gasteiger partial charge in [-0.05, 0) is 12.8 Å². The van der Waals surface area contributed by atoms with Gasteiger partial charge in [0.15, 0.2) is 0 Å². The maximum Gasteiger partial charge on any atom is 0.107 e. The van der Waals surface area contributed by atoms with Crippen LogP contribution in [0.3, 0.4) is 0 Å². The highest BCUT2D eigenvalue weighted by atomic mass is 32.1. The highest BCUT2D eigenvalue weighted by Crippen LogP contribution is 2.16. The van der Waals surface area contributed by atoms with Gasteiger partial charge >= 0.3 is 0 Å². The number of hydrogen-bond donors (Lipinski definition) is 1. The number of aryl methyl sites for hydroxylation is 1. The lowest BCUT2D eigenvalue weighted by Crippen LogP contribution is -2.26. The zero-order valence-electron chi connectivity index (χ0n) is 9.28. The lowest BCUT2D eigenvalue weighted by atomic mass is 10.3. The highest BCUT2D eigenvalue weighted by molar-refractivity contribution is 7.09. The summed E-state index contributed by atoms with van der Waals surface area (Å²) in [7, 11) is 0. The van der Waals surface area contributed by atoms with Gasteiger partial charge in [0.25, 0.3) is 0 Å². The molecule has 1 saturated heterocycles. The first-order chi connectivity index (χ1) is 7.28. The van der Waals surface area contributed by atoms with Crippen LogP contribution in [-0.4, -0.2) is 29.0 Å². The maximum absolute atomic E-state index is 5.87. The van der Waals surface area contributed by atoms with Crippen LogP contribution in [-0.2, 0) is 13.0 Å². The fourth-order valence-electron chi connectivity index (χ4n) is 1.99. The van der Waals surface area contributed by atoms with E-state index >= 15 is 0 Å². The molecule has 1 fully saturated rings. The zero-order valence-corrected chi connectivity index (χ0v) is 10.1. The number of rotatable bonds is 4. The molecule has 0 aromatic carbocycles. The molecular weight excluding hydrogens is 206 g/mol. The Kier molecular flexibility index (Phi) is 3.72. The number of thiazole rings is 1. The molecule has 1 aromatic rings. The molecule has 0 aliphatic carbocycles. The summed E-state index contributed by atoms with van der Waals surface area (Å²) in [4.78, 5) is 7.03. The van der Waals surface area contributed by atoms with E-state index in [2.05, 4.69) is 22.2 Å². The first-order valence-corrected chi connectivity index (χ1v) is 6.57. The molecule has 2 N–H and O–H groups in total. The molecule has 1 atom stereocenters. The number of nitrogens with two attached hydrogens (primary N) is 1. The summed E-state index contributed by atoms with van der Waals surface area (Å²) in [6, 6.07) is 0.375. The van der Waals surface area contributed by atoms with E-state index in [4.69, 9.17) is 5.73 Å². The van der Waals surface area contributed by atoms with Gasteiger partial charge in [-0.15, -0.1) is 11.3 Å². The predicted octanol–water partition coefficient (Wildman–Crippen LogP) is 1.63. The van der Waals surface area contributed by atoms with E-state index in [1.807, 2.05) is 0 Å². The van der Waals surface area contributed by atoms with Crippen LogP contribution in [0.25, 0.3) is 0 Å². The minimum atomic E-state index is 0.375. The second kappa shape index (κ2) is 5.05. The lowest BCUT2D eigenvalue weighted by molar-refractivity contribution is 0.326. The molecule has 0 radical (unpaired) electrons. The molecule has 0 spiro atoms. The number of nitrogens with zero attached hydrogens (tertiary/aromatic N) is 2. The van der Waals surface area contributed by atoms with E-state index in [9.17, 15) is 0 Å². The van der Waals surface area contributed by atoms with Gasteiger partial charge < -0.3 is 5.73 Å². The fraction of sp³-hybridized carbons (Fsp3) is 0.727. The van der Waals surface area contributed by atoms with Gasteiger partial charge in [0.1, 0.15) is 5.01 Å².